The first-order valence-corrected chi connectivity index (χ1v) is 7.52. The largest absolute Gasteiger partial charge is 0.384 e. The minimum Gasteiger partial charge on any atom is -0.384 e. The maximum atomic E-state index is 10.6. The number of aromatic nitrogens is 2. The van der Waals surface area contributed by atoms with Gasteiger partial charge in [0, 0.05) is 51.2 Å². The Morgan fingerprint density at radius 2 is 1.95 bits per heavy atom. The van der Waals surface area contributed by atoms with Crippen LogP contribution in [0.25, 0.3) is 0 Å². The van der Waals surface area contributed by atoms with E-state index in [1.165, 1.54) is 11.3 Å². The predicted octanol–water partition coefficient (Wildman–Crippen LogP) is 2.04. The summed E-state index contributed by atoms with van der Waals surface area (Å²) in [5, 5.41) is 18.1. The number of aliphatic hydroxyl groups is 1. The van der Waals surface area contributed by atoms with Crippen molar-refractivity contribution in [2.45, 2.75) is 25.5 Å². The molecule has 2 rings (SSSR count). The second kappa shape index (κ2) is 6.50. The van der Waals surface area contributed by atoms with E-state index in [0.29, 0.717) is 6.54 Å². The lowest BCUT2D eigenvalue weighted by molar-refractivity contribution is 0.0543. The number of nitrogens with one attached hydrogen (secondary N) is 1. The topological polar surface area (TPSA) is 53.3 Å². The van der Waals surface area contributed by atoms with E-state index in [-0.39, 0.29) is 6.04 Å². The SMILES string of the molecule is CC(NCC(C)(O)c1cnn(C)c1)c1ccc(N(C)C)cc1. The first-order chi connectivity index (χ1) is 10.3. The fourth-order valence-corrected chi connectivity index (χ4v) is 2.33. The number of hydrogen-bond donors (Lipinski definition) is 2. The molecule has 5 heteroatoms. The predicted molar refractivity (Wildman–Crippen MR) is 90.0 cm³/mol. The molecule has 5 nitrogen and oxygen atoms in total. The molecule has 0 saturated heterocycles. The summed E-state index contributed by atoms with van der Waals surface area (Å²) >= 11 is 0. The first-order valence-electron chi connectivity index (χ1n) is 7.52. The molecule has 0 saturated carbocycles. The van der Waals surface area contributed by atoms with Crippen LogP contribution in [-0.2, 0) is 12.6 Å². The van der Waals surface area contributed by atoms with Crippen LogP contribution in [0.3, 0.4) is 0 Å². The molecule has 2 atom stereocenters. The van der Waals surface area contributed by atoms with Gasteiger partial charge in [-0.2, -0.15) is 5.10 Å². The maximum absolute atomic E-state index is 10.6. The van der Waals surface area contributed by atoms with Gasteiger partial charge in [0.1, 0.15) is 5.60 Å². The van der Waals surface area contributed by atoms with E-state index in [4.69, 9.17) is 0 Å². The van der Waals surface area contributed by atoms with Crippen LogP contribution in [-0.4, -0.2) is 35.5 Å². The zero-order chi connectivity index (χ0) is 16.3. The highest BCUT2D eigenvalue weighted by atomic mass is 16.3. The highest BCUT2D eigenvalue weighted by Gasteiger charge is 2.25. The van der Waals surface area contributed by atoms with Gasteiger partial charge in [-0.15, -0.1) is 0 Å². The van der Waals surface area contributed by atoms with Crippen LogP contribution in [0.1, 0.15) is 31.0 Å². The summed E-state index contributed by atoms with van der Waals surface area (Å²) in [6.45, 7) is 4.37. The number of nitrogens with zero attached hydrogens (tertiary/aromatic N) is 3. The number of rotatable bonds is 6. The molecule has 0 bridgehead atoms. The van der Waals surface area contributed by atoms with Crippen molar-refractivity contribution in [3.05, 3.63) is 47.8 Å². The third kappa shape index (κ3) is 3.87. The molecule has 22 heavy (non-hydrogen) atoms. The van der Waals surface area contributed by atoms with Crippen LogP contribution in [0.5, 0.6) is 0 Å². The molecule has 120 valence electrons. The monoisotopic (exact) mass is 302 g/mol. The zero-order valence-electron chi connectivity index (χ0n) is 14.0. The minimum atomic E-state index is -0.938. The molecule has 1 aromatic heterocycles. The molecule has 0 spiro atoms. The number of hydrogen-bond acceptors (Lipinski definition) is 4. The molecule has 1 heterocycles. The molecule has 0 radical (unpaired) electrons. The van der Waals surface area contributed by atoms with Gasteiger partial charge in [0.2, 0.25) is 0 Å². The van der Waals surface area contributed by atoms with E-state index >= 15 is 0 Å². The molecule has 2 N–H and O–H groups in total. The second-order valence-electron chi connectivity index (χ2n) is 6.27. The van der Waals surface area contributed by atoms with E-state index < -0.39 is 5.60 Å². The third-order valence-corrected chi connectivity index (χ3v) is 3.99. The fraction of sp³-hybridized carbons (Fsp3) is 0.471. The molecule has 0 fully saturated rings. The molecule has 0 aliphatic heterocycles. The van der Waals surface area contributed by atoms with Gasteiger partial charge in [0.05, 0.1) is 6.20 Å². The maximum Gasteiger partial charge on any atom is 0.102 e. The Balaban J connectivity index is 1.98. The van der Waals surface area contributed by atoms with Gasteiger partial charge in [0.25, 0.3) is 0 Å². The van der Waals surface area contributed by atoms with Gasteiger partial charge in [-0.25, -0.2) is 0 Å². The smallest absolute Gasteiger partial charge is 0.102 e. The lowest BCUT2D eigenvalue weighted by Gasteiger charge is -2.25. The Morgan fingerprint density at radius 3 is 2.45 bits per heavy atom. The van der Waals surface area contributed by atoms with E-state index in [1.807, 2.05) is 27.3 Å². The molecule has 0 aliphatic rings. The highest BCUT2D eigenvalue weighted by molar-refractivity contribution is 5.46. The summed E-state index contributed by atoms with van der Waals surface area (Å²) in [7, 11) is 5.91. The average Bonchev–Trinajstić information content (AvgIpc) is 2.92. The minimum absolute atomic E-state index is 0.166. The van der Waals surface area contributed by atoms with Crippen LogP contribution < -0.4 is 10.2 Å². The third-order valence-electron chi connectivity index (χ3n) is 3.99. The van der Waals surface area contributed by atoms with E-state index in [9.17, 15) is 5.11 Å². The summed E-state index contributed by atoms with van der Waals surface area (Å²) < 4.78 is 1.70. The average molecular weight is 302 g/mol. The fourth-order valence-electron chi connectivity index (χ4n) is 2.33. The second-order valence-corrected chi connectivity index (χ2v) is 6.27. The van der Waals surface area contributed by atoms with Crippen LogP contribution >= 0.6 is 0 Å². The highest BCUT2D eigenvalue weighted by Crippen LogP contribution is 2.22. The Morgan fingerprint density at radius 1 is 1.32 bits per heavy atom. The molecule has 2 unspecified atom stereocenters. The summed E-state index contributed by atoms with van der Waals surface area (Å²) in [5.41, 5.74) is 2.26. The Bertz CT molecular complexity index is 601. The number of anilines is 1. The summed E-state index contributed by atoms with van der Waals surface area (Å²) in [5.74, 6) is 0. The van der Waals surface area contributed by atoms with Crippen molar-refractivity contribution in [1.82, 2.24) is 15.1 Å². The summed E-state index contributed by atoms with van der Waals surface area (Å²) in [6, 6.07) is 8.61. The number of benzene rings is 1. The van der Waals surface area contributed by atoms with Gasteiger partial charge < -0.3 is 15.3 Å². The standard InChI is InChI=1S/C17H26N4O/c1-13(14-6-8-16(9-7-14)20(3)4)18-12-17(2,22)15-10-19-21(5)11-15/h6-11,13,18,22H,12H2,1-5H3. The summed E-state index contributed by atoms with van der Waals surface area (Å²) in [6.07, 6.45) is 3.55. The lowest BCUT2D eigenvalue weighted by atomic mass is 9.98. The van der Waals surface area contributed by atoms with Crippen molar-refractivity contribution in [2.75, 3.05) is 25.5 Å². The van der Waals surface area contributed by atoms with Gasteiger partial charge in [-0.05, 0) is 31.5 Å². The molecule has 1 aromatic carbocycles. The van der Waals surface area contributed by atoms with Crippen LogP contribution in [0.2, 0.25) is 0 Å². The van der Waals surface area contributed by atoms with Crippen LogP contribution in [0, 0.1) is 0 Å². The van der Waals surface area contributed by atoms with E-state index in [2.05, 4.69) is 46.5 Å². The van der Waals surface area contributed by atoms with Gasteiger partial charge in [-0.1, -0.05) is 12.1 Å². The zero-order valence-corrected chi connectivity index (χ0v) is 14.0. The molecule has 0 amide bonds. The van der Waals surface area contributed by atoms with Gasteiger partial charge in [-0.3, -0.25) is 4.68 Å². The lowest BCUT2D eigenvalue weighted by Crippen LogP contribution is -2.36. The quantitative estimate of drug-likeness (QED) is 0.857. The molecular weight excluding hydrogens is 276 g/mol. The number of aryl methyl sites for hydroxylation is 1. The van der Waals surface area contributed by atoms with Crippen molar-refractivity contribution in [1.29, 1.82) is 0 Å². The first kappa shape index (κ1) is 16.5. The van der Waals surface area contributed by atoms with Crippen LogP contribution in [0.15, 0.2) is 36.7 Å². The Labute approximate surface area is 132 Å². The van der Waals surface area contributed by atoms with Gasteiger partial charge in [0.15, 0.2) is 0 Å². The molecule has 0 aliphatic carbocycles. The van der Waals surface area contributed by atoms with Crippen molar-refractivity contribution in [3.63, 3.8) is 0 Å². The Hall–Kier alpha value is -1.85. The van der Waals surface area contributed by atoms with Crippen molar-refractivity contribution < 1.29 is 5.11 Å². The van der Waals surface area contributed by atoms with Crippen molar-refractivity contribution in [3.8, 4) is 0 Å². The van der Waals surface area contributed by atoms with Crippen molar-refractivity contribution in [2.24, 2.45) is 7.05 Å². The van der Waals surface area contributed by atoms with E-state index in [1.54, 1.807) is 17.8 Å². The normalized spacial score (nSPS) is 15.4. The van der Waals surface area contributed by atoms with Crippen molar-refractivity contribution >= 4 is 5.69 Å². The molecular formula is C17H26N4O. The Kier molecular flexibility index (Phi) is 4.88. The molecule has 2 aromatic rings. The van der Waals surface area contributed by atoms with Gasteiger partial charge >= 0.3 is 0 Å². The van der Waals surface area contributed by atoms with Crippen LogP contribution in [0.4, 0.5) is 5.69 Å². The summed E-state index contributed by atoms with van der Waals surface area (Å²) in [4.78, 5) is 2.08. The van der Waals surface area contributed by atoms with E-state index in [0.717, 1.165) is 5.56 Å².